The van der Waals surface area contributed by atoms with Gasteiger partial charge in [-0.3, -0.25) is 14.6 Å². The molecule has 4 atom stereocenters. The summed E-state index contributed by atoms with van der Waals surface area (Å²) in [6, 6.07) is 4.11. The maximum Gasteiger partial charge on any atom is 0.336 e. The van der Waals surface area contributed by atoms with Gasteiger partial charge in [0.05, 0.1) is 18.5 Å². The zero-order chi connectivity index (χ0) is 26.5. The first kappa shape index (κ1) is 27.8. The summed E-state index contributed by atoms with van der Waals surface area (Å²) in [5.41, 5.74) is -1.40. The number of carbonyl (C=O) groups is 3. The van der Waals surface area contributed by atoms with Crippen molar-refractivity contribution in [3.63, 3.8) is 0 Å². The normalized spacial score (nSPS) is 27.7. The third kappa shape index (κ3) is 6.68. The first-order chi connectivity index (χ1) is 16.9. The minimum atomic E-state index is -2.74. The Morgan fingerprint density at radius 2 is 1.78 bits per heavy atom. The van der Waals surface area contributed by atoms with Gasteiger partial charge in [-0.1, -0.05) is 18.2 Å². The van der Waals surface area contributed by atoms with E-state index in [1.165, 1.54) is 32.4 Å². The number of allylic oxidation sites excluding steroid dienone is 2. The molecular weight excluding hydrogens is 468 g/mol. The van der Waals surface area contributed by atoms with E-state index in [1.807, 2.05) is 19.2 Å². The number of hydrogen-bond acceptors (Lipinski definition) is 7. The maximum atomic E-state index is 11.3. The predicted molar refractivity (Wildman–Crippen MR) is 129 cm³/mol. The molecule has 1 aliphatic heterocycles. The largest absolute Gasteiger partial charge is 0.481 e. The number of fused-ring (bicyclic) bond motifs is 1. The zero-order valence-electron chi connectivity index (χ0n) is 20.5. The Morgan fingerprint density at radius 1 is 1.08 bits per heavy atom. The standard InChI is InChI=1S/C20H28N2O.C6H8O7/c1-15-7-8-19(21-11-15)20(23)10-9-17-13-22(14-18(17)20)12-16-5-3-2-4-6-16;7-3(8)1-6(13,5(11)12)2-4(9)10/h2-3,7-8,11,16-18,23H,4-6,9-10,12-14H2,1H3;13H,1-2H2,(H,7,8)(H,9,10)(H,11,12)/t16?,17-,18+,20-;/m0./s1. The van der Waals surface area contributed by atoms with Crippen LogP contribution in [0.4, 0.5) is 0 Å². The van der Waals surface area contributed by atoms with Crippen molar-refractivity contribution in [3.05, 3.63) is 41.7 Å². The van der Waals surface area contributed by atoms with E-state index < -0.39 is 42.0 Å². The molecule has 2 heterocycles. The molecule has 2 fully saturated rings. The highest BCUT2D eigenvalue weighted by Crippen LogP contribution is 2.50. The number of aliphatic hydroxyl groups is 2. The Hall–Kier alpha value is -2.82. The lowest BCUT2D eigenvalue weighted by atomic mass is 9.85. The summed E-state index contributed by atoms with van der Waals surface area (Å²) in [6.07, 6.45) is 10.1. The Morgan fingerprint density at radius 3 is 2.31 bits per heavy atom. The summed E-state index contributed by atoms with van der Waals surface area (Å²) < 4.78 is 0. The number of nitrogens with zero attached hydrogens (tertiary/aromatic N) is 2. The van der Waals surface area contributed by atoms with Crippen LogP contribution in [0.3, 0.4) is 0 Å². The van der Waals surface area contributed by atoms with Crippen molar-refractivity contribution in [2.75, 3.05) is 19.6 Å². The lowest BCUT2D eigenvalue weighted by Gasteiger charge is -2.31. The SMILES string of the molecule is Cc1ccc([C@]2(O)CC[C@H]3CN(CC4CC=CCC4)C[C@H]32)nc1.O=C(O)CC(O)(CC(=O)O)C(=O)O. The number of carboxylic acid groups (broad SMARTS) is 3. The van der Waals surface area contributed by atoms with E-state index in [9.17, 15) is 19.5 Å². The lowest BCUT2D eigenvalue weighted by molar-refractivity contribution is -0.170. The van der Waals surface area contributed by atoms with E-state index in [0.717, 1.165) is 36.6 Å². The van der Waals surface area contributed by atoms with Crippen LogP contribution in [-0.2, 0) is 20.0 Å². The van der Waals surface area contributed by atoms with Gasteiger partial charge in [-0.2, -0.15) is 0 Å². The van der Waals surface area contributed by atoms with Crippen molar-refractivity contribution in [2.45, 2.75) is 63.1 Å². The molecule has 0 aromatic carbocycles. The van der Waals surface area contributed by atoms with Gasteiger partial charge in [0, 0.05) is 31.7 Å². The lowest BCUT2D eigenvalue weighted by Crippen LogP contribution is -2.42. The van der Waals surface area contributed by atoms with Gasteiger partial charge >= 0.3 is 17.9 Å². The van der Waals surface area contributed by atoms with Crippen molar-refractivity contribution in [1.82, 2.24) is 9.88 Å². The summed E-state index contributed by atoms with van der Waals surface area (Å²) in [5.74, 6) is -3.21. The fourth-order valence-corrected chi connectivity index (χ4v) is 5.68. The molecular formula is C26H36N2O8. The van der Waals surface area contributed by atoms with E-state index in [-0.39, 0.29) is 0 Å². The fraction of sp³-hybridized carbons (Fsp3) is 0.615. The molecule has 2 aliphatic carbocycles. The molecule has 1 saturated carbocycles. The average molecular weight is 505 g/mol. The predicted octanol–water partition coefficient (Wildman–Crippen LogP) is 2.03. The molecule has 5 N–H and O–H groups in total. The number of likely N-dealkylation sites (tertiary alicyclic amines) is 1. The molecule has 3 aliphatic rings. The zero-order valence-corrected chi connectivity index (χ0v) is 20.5. The molecule has 0 bridgehead atoms. The number of aromatic nitrogens is 1. The van der Waals surface area contributed by atoms with Crippen LogP contribution >= 0.6 is 0 Å². The molecule has 0 amide bonds. The van der Waals surface area contributed by atoms with Crippen LogP contribution in [0.5, 0.6) is 0 Å². The second-order valence-corrected chi connectivity index (χ2v) is 10.4. The first-order valence-corrected chi connectivity index (χ1v) is 12.3. The number of aliphatic carboxylic acids is 3. The molecule has 10 nitrogen and oxygen atoms in total. The van der Waals surface area contributed by atoms with Crippen molar-refractivity contribution in [1.29, 1.82) is 0 Å². The van der Waals surface area contributed by atoms with Crippen LogP contribution in [0.2, 0.25) is 0 Å². The smallest absolute Gasteiger partial charge is 0.336 e. The van der Waals surface area contributed by atoms with Gasteiger partial charge in [0.25, 0.3) is 0 Å². The molecule has 1 unspecified atom stereocenters. The number of carboxylic acids is 3. The Balaban J connectivity index is 0.000000240. The highest BCUT2D eigenvalue weighted by atomic mass is 16.4. The van der Waals surface area contributed by atoms with Crippen LogP contribution in [0, 0.1) is 24.7 Å². The van der Waals surface area contributed by atoms with Gasteiger partial charge in [0.2, 0.25) is 0 Å². The Bertz CT molecular complexity index is 963. The number of rotatable bonds is 8. The van der Waals surface area contributed by atoms with E-state index in [1.54, 1.807) is 0 Å². The summed E-state index contributed by atoms with van der Waals surface area (Å²) in [5, 5.41) is 45.2. The summed E-state index contributed by atoms with van der Waals surface area (Å²) in [7, 11) is 0. The molecule has 1 saturated heterocycles. The van der Waals surface area contributed by atoms with Crippen molar-refractivity contribution < 1.29 is 39.9 Å². The molecule has 10 heteroatoms. The van der Waals surface area contributed by atoms with E-state index in [0.29, 0.717) is 11.8 Å². The topological polar surface area (TPSA) is 168 Å². The van der Waals surface area contributed by atoms with E-state index >= 15 is 0 Å². The summed E-state index contributed by atoms with van der Waals surface area (Å²) in [6.45, 7) is 5.46. The van der Waals surface area contributed by atoms with Crippen LogP contribution in [0.15, 0.2) is 30.5 Å². The second kappa shape index (κ2) is 11.5. The highest BCUT2D eigenvalue weighted by Gasteiger charge is 2.53. The Labute approximate surface area is 210 Å². The molecule has 0 radical (unpaired) electrons. The molecule has 1 aromatic heterocycles. The Kier molecular flexibility index (Phi) is 8.86. The summed E-state index contributed by atoms with van der Waals surface area (Å²) >= 11 is 0. The van der Waals surface area contributed by atoms with Crippen molar-refractivity contribution >= 4 is 17.9 Å². The molecule has 36 heavy (non-hydrogen) atoms. The van der Waals surface area contributed by atoms with Crippen LogP contribution in [-0.4, -0.2) is 78.6 Å². The minimum absolute atomic E-state index is 0.358. The van der Waals surface area contributed by atoms with Gasteiger partial charge in [0.1, 0.15) is 5.60 Å². The number of hydrogen-bond donors (Lipinski definition) is 5. The quantitative estimate of drug-likeness (QED) is 0.330. The van der Waals surface area contributed by atoms with Gasteiger partial charge in [-0.15, -0.1) is 0 Å². The van der Waals surface area contributed by atoms with Gasteiger partial charge in [-0.05, 0) is 62.5 Å². The monoisotopic (exact) mass is 504 g/mol. The van der Waals surface area contributed by atoms with Crippen molar-refractivity contribution in [3.8, 4) is 0 Å². The molecule has 198 valence electrons. The fourth-order valence-electron chi connectivity index (χ4n) is 5.68. The van der Waals surface area contributed by atoms with Crippen LogP contribution < -0.4 is 0 Å². The average Bonchev–Trinajstić information content (AvgIpc) is 3.34. The minimum Gasteiger partial charge on any atom is -0.481 e. The van der Waals surface area contributed by atoms with Crippen LogP contribution in [0.1, 0.15) is 56.2 Å². The van der Waals surface area contributed by atoms with Gasteiger partial charge in [-0.25, -0.2) is 4.79 Å². The first-order valence-electron chi connectivity index (χ1n) is 12.3. The van der Waals surface area contributed by atoms with Gasteiger partial charge in [0.15, 0.2) is 5.60 Å². The highest BCUT2D eigenvalue weighted by molar-refractivity contribution is 5.88. The molecule has 1 aromatic rings. The van der Waals surface area contributed by atoms with E-state index in [4.69, 9.17) is 20.4 Å². The number of pyridine rings is 1. The third-order valence-corrected chi connectivity index (χ3v) is 7.56. The summed E-state index contributed by atoms with van der Waals surface area (Å²) in [4.78, 5) is 37.6. The van der Waals surface area contributed by atoms with Gasteiger partial charge < -0.3 is 30.4 Å². The number of aryl methyl sites for hydroxylation is 1. The van der Waals surface area contributed by atoms with Crippen molar-refractivity contribution in [2.24, 2.45) is 17.8 Å². The second-order valence-electron chi connectivity index (χ2n) is 10.4. The molecule has 4 rings (SSSR count). The van der Waals surface area contributed by atoms with E-state index in [2.05, 4.69) is 28.1 Å². The maximum absolute atomic E-state index is 11.3. The third-order valence-electron chi connectivity index (χ3n) is 7.56. The van der Waals surface area contributed by atoms with Crippen LogP contribution in [0.25, 0.3) is 0 Å². The molecule has 0 spiro atoms.